The maximum absolute atomic E-state index is 12.2. The molecule has 3 heteroatoms. The fraction of sp³-hybridized carbons (Fsp3) is 0.409. The Hall–Kier alpha value is -2.29. The molecule has 0 radical (unpaired) electrons. The van der Waals surface area contributed by atoms with Gasteiger partial charge in [0.1, 0.15) is 5.75 Å². The summed E-state index contributed by atoms with van der Waals surface area (Å²) in [6, 6.07) is 14.6. The molecule has 0 unspecified atom stereocenters. The van der Waals surface area contributed by atoms with Crippen LogP contribution in [0.5, 0.6) is 5.75 Å². The van der Waals surface area contributed by atoms with Crippen LogP contribution in [0.2, 0.25) is 0 Å². The van der Waals surface area contributed by atoms with Crippen LogP contribution in [0.15, 0.2) is 42.5 Å². The standard InChI is InChI=1S/C22H27NO2/c1-3-17-8-10-18(11-9-17)16(2)23-22(24)15-25-21-13-12-19-6-4-5-7-20(19)14-21/h8-14,16H,3-7,15H2,1-2H3,(H,23,24)/t16-/m0/s1. The third-order valence-electron chi connectivity index (χ3n) is 4.96. The van der Waals surface area contributed by atoms with Gasteiger partial charge in [0.05, 0.1) is 6.04 Å². The van der Waals surface area contributed by atoms with E-state index in [0.717, 1.165) is 30.6 Å². The first-order chi connectivity index (χ1) is 12.2. The zero-order chi connectivity index (χ0) is 17.6. The molecule has 0 bridgehead atoms. The highest BCUT2D eigenvalue weighted by molar-refractivity contribution is 5.78. The number of rotatable bonds is 6. The number of carbonyl (C=O) groups is 1. The monoisotopic (exact) mass is 337 g/mol. The Bertz CT molecular complexity index is 721. The minimum Gasteiger partial charge on any atom is -0.484 e. The molecule has 1 amide bonds. The van der Waals surface area contributed by atoms with Crippen LogP contribution in [0.25, 0.3) is 0 Å². The Labute approximate surface area is 150 Å². The normalized spacial score (nSPS) is 14.5. The van der Waals surface area contributed by atoms with Gasteiger partial charge in [-0.05, 0) is 73.4 Å². The zero-order valence-electron chi connectivity index (χ0n) is 15.2. The van der Waals surface area contributed by atoms with Crippen LogP contribution < -0.4 is 10.1 Å². The van der Waals surface area contributed by atoms with E-state index in [1.807, 2.05) is 13.0 Å². The van der Waals surface area contributed by atoms with E-state index in [4.69, 9.17) is 4.74 Å². The van der Waals surface area contributed by atoms with Gasteiger partial charge in [-0.2, -0.15) is 0 Å². The van der Waals surface area contributed by atoms with E-state index in [9.17, 15) is 4.79 Å². The lowest BCUT2D eigenvalue weighted by Gasteiger charge is -2.17. The molecular formula is C22H27NO2. The van der Waals surface area contributed by atoms with E-state index in [2.05, 4.69) is 48.6 Å². The summed E-state index contributed by atoms with van der Waals surface area (Å²) in [6.07, 6.45) is 5.81. The lowest BCUT2D eigenvalue weighted by Crippen LogP contribution is -2.31. The molecule has 0 fully saturated rings. The smallest absolute Gasteiger partial charge is 0.258 e. The number of hydrogen-bond acceptors (Lipinski definition) is 2. The second-order valence-electron chi connectivity index (χ2n) is 6.81. The highest BCUT2D eigenvalue weighted by atomic mass is 16.5. The maximum Gasteiger partial charge on any atom is 0.258 e. The molecule has 0 spiro atoms. The fourth-order valence-corrected chi connectivity index (χ4v) is 3.36. The number of aryl methyl sites for hydroxylation is 3. The van der Waals surface area contributed by atoms with E-state index in [0.29, 0.717) is 0 Å². The molecule has 0 saturated carbocycles. The lowest BCUT2D eigenvalue weighted by atomic mass is 9.92. The van der Waals surface area contributed by atoms with Crippen molar-refractivity contribution in [3.05, 3.63) is 64.7 Å². The van der Waals surface area contributed by atoms with Crippen LogP contribution in [-0.2, 0) is 24.1 Å². The Morgan fingerprint density at radius 3 is 2.52 bits per heavy atom. The van der Waals surface area contributed by atoms with Crippen LogP contribution in [0.4, 0.5) is 0 Å². The first-order valence-electron chi connectivity index (χ1n) is 9.28. The summed E-state index contributed by atoms with van der Waals surface area (Å²) in [7, 11) is 0. The fourth-order valence-electron chi connectivity index (χ4n) is 3.36. The summed E-state index contributed by atoms with van der Waals surface area (Å²) in [5.41, 5.74) is 5.21. The largest absolute Gasteiger partial charge is 0.484 e. The van der Waals surface area contributed by atoms with Crippen molar-refractivity contribution in [2.24, 2.45) is 0 Å². The third-order valence-corrected chi connectivity index (χ3v) is 4.96. The molecule has 0 saturated heterocycles. The van der Waals surface area contributed by atoms with Crippen molar-refractivity contribution < 1.29 is 9.53 Å². The first kappa shape index (κ1) is 17.5. The van der Waals surface area contributed by atoms with Gasteiger partial charge in [0.25, 0.3) is 5.91 Å². The first-order valence-corrected chi connectivity index (χ1v) is 9.28. The Kier molecular flexibility index (Phi) is 5.75. The molecule has 1 aliphatic carbocycles. The van der Waals surface area contributed by atoms with Gasteiger partial charge in [-0.1, -0.05) is 37.3 Å². The number of benzene rings is 2. The average Bonchev–Trinajstić information content (AvgIpc) is 2.66. The van der Waals surface area contributed by atoms with Gasteiger partial charge in [-0.15, -0.1) is 0 Å². The van der Waals surface area contributed by atoms with Crippen molar-refractivity contribution in [2.45, 2.75) is 52.0 Å². The molecule has 3 nitrogen and oxygen atoms in total. The van der Waals surface area contributed by atoms with Gasteiger partial charge in [-0.3, -0.25) is 4.79 Å². The number of carbonyl (C=O) groups excluding carboxylic acids is 1. The lowest BCUT2D eigenvalue weighted by molar-refractivity contribution is -0.123. The summed E-state index contributed by atoms with van der Waals surface area (Å²) in [6.45, 7) is 4.19. The number of nitrogens with one attached hydrogen (secondary N) is 1. The van der Waals surface area contributed by atoms with Crippen molar-refractivity contribution >= 4 is 5.91 Å². The predicted octanol–water partition coefficient (Wildman–Crippen LogP) is 4.38. The van der Waals surface area contributed by atoms with Crippen molar-refractivity contribution in [3.8, 4) is 5.75 Å². The van der Waals surface area contributed by atoms with Gasteiger partial charge in [0, 0.05) is 0 Å². The van der Waals surface area contributed by atoms with Crippen molar-refractivity contribution in [1.82, 2.24) is 5.32 Å². The van der Waals surface area contributed by atoms with Gasteiger partial charge in [0.2, 0.25) is 0 Å². The molecule has 2 aromatic rings. The van der Waals surface area contributed by atoms with Crippen LogP contribution in [0.1, 0.15) is 55.0 Å². The molecule has 1 N–H and O–H groups in total. The van der Waals surface area contributed by atoms with Gasteiger partial charge >= 0.3 is 0 Å². The molecule has 1 atom stereocenters. The molecule has 0 aliphatic heterocycles. The van der Waals surface area contributed by atoms with E-state index in [1.165, 1.54) is 29.5 Å². The SMILES string of the molecule is CCc1ccc([C@H](C)NC(=O)COc2ccc3c(c2)CCCC3)cc1. The van der Waals surface area contributed by atoms with Crippen LogP contribution in [-0.4, -0.2) is 12.5 Å². The summed E-state index contributed by atoms with van der Waals surface area (Å²) in [5, 5.41) is 3.00. The quantitative estimate of drug-likeness (QED) is 0.849. The van der Waals surface area contributed by atoms with E-state index >= 15 is 0 Å². The van der Waals surface area contributed by atoms with Gasteiger partial charge < -0.3 is 10.1 Å². The van der Waals surface area contributed by atoms with Crippen molar-refractivity contribution in [1.29, 1.82) is 0 Å². The molecular weight excluding hydrogens is 310 g/mol. The molecule has 132 valence electrons. The Balaban J connectivity index is 1.52. The molecule has 2 aromatic carbocycles. The summed E-state index contributed by atoms with van der Waals surface area (Å²) in [4.78, 5) is 12.2. The molecule has 0 heterocycles. The minimum atomic E-state index is -0.0928. The van der Waals surface area contributed by atoms with E-state index in [1.54, 1.807) is 0 Å². The average molecular weight is 337 g/mol. The Morgan fingerprint density at radius 1 is 1.08 bits per heavy atom. The van der Waals surface area contributed by atoms with Crippen LogP contribution in [0, 0.1) is 0 Å². The zero-order valence-corrected chi connectivity index (χ0v) is 15.2. The maximum atomic E-state index is 12.2. The number of hydrogen-bond donors (Lipinski definition) is 1. The second kappa shape index (κ2) is 8.19. The topological polar surface area (TPSA) is 38.3 Å². The molecule has 25 heavy (non-hydrogen) atoms. The molecule has 0 aromatic heterocycles. The highest BCUT2D eigenvalue weighted by Crippen LogP contribution is 2.25. The minimum absolute atomic E-state index is 0.0226. The summed E-state index contributed by atoms with van der Waals surface area (Å²) in [5.74, 6) is 0.695. The summed E-state index contributed by atoms with van der Waals surface area (Å²) < 4.78 is 5.70. The third kappa shape index (κ3) is 4.62. The highest BCUT2D eigenvalue weighted by Gasteiger charge is 2.12. The van der Waals surface area contributed by atoms with Crippen molar-refractivity contribution in [2.75, 3.05) is 6.61 Å². The number of amides is 1. The van der Waals surface area contributed by atoms with Crippen LogP contribution in [0.3, 0.4) is 0 Å². The number of ether oxygens (including phenoxy) is 1. The van der Waals surface area contributed by atoms with Crippen molar-refractivity contribution in [3.63, 3.8) is 0 Å². The molecule has 3 rings (SSSR count). The Morgan fingerprint density at radius 2 is 1.80 bits per heavy atom. The van der Waals surface area contributed by atoms with E-state index in [-0.39, 0.29) is 18.6 Å². The van der Waals surface area contributed by atoms with Gasteiger partial charge in [-0.25, -0.2) is 0 Å². The summed E-state index contributed by atoms with van der Waals surface area (Å²) >= 11 is 0. The van der Waals surface area contributed by atoms with E-state index < -0.39 is 0 Å². The van der Waals surface area contributed by atoms with Crippen LogP contribution >= 0.6 is 0 Å². The number of fused-ring (bicyclic) bond motifs is 1. The molecule has 1 aliphatic rings. The predicted molar refractivity (Wildman–Crippen MR) is 101 cm³/mol. The second-order valence-corrected chi connectivity index (χ2v) is 6.81. The van der Waals surface area contributed by atoms with Gasteiger partial charge in [0.15, 0.2) is 6.61 Å².